The fraction of sp³-hybridized carbons (Fsp3) is 0.567. The number of carboxylic acid groups (broad SMARTS) is 1. The fourth-order valence-electron chi connectivity index (χ4n) is 6.60. The van der Waals surface area contributed by atoms with E-state index in [4.69, 9.17) is 4.74 Å². The van der Waals surface area contributed by atoms with Crippen LogP contribution < -0.4 is 9.80 Å². The number of hydrogen-bond acceptors (Lipinski definition) is 6. The molecule has 4 heterocycles. The van der Waals surface area contributed by atoms with Gasteiger partial charge in [-0.15, -0.1) is 0 Å². The molecule has 0 bridgehead atoms. The van der Waals surface area contributed by atoms with Crippen molar-refractivity contribution in [3.8, 4) is 0 Å². The van der Waals surface area contributed by atoms with Crippen LogP contribution in [0, 0.1) is 12.8 Å². The van der Waals surface area contributed by atoms with Crippen LogP contribution in [0.1, 0.15) is 48.4 Å². The number of benzene rings is 1. The van der Waals surface area contributed by atoms with Crippen molar-refractivity contribution in [1.82, 2.24) is 9.88 Å². The van der Waals surface area contributed by atoms with Crippen molar-refractivity contribution in [1.29, 1.82) is 0 Å². The van der Waals surface area contributed by atoms with E-state index >= 15 is 4.39 Å². The van der Waals surface area contributed by atoms with Crippen LogP contribution >= 0.6 is 0 Å². The van der Waals surface area contributed by atoms with Gasteiger partial charge in [-0.1, -0.05) is 6.07 Å². The van der Waals surface area contributed by atoms with Crippen molar-refractivity contribution in [2.24, 2.45) is 5.92 Å². The lowest BCUT2D eigenvalue weighted by Gasteiger charge is -2.35. The summed E-state index contributed by atoms with van der Waals surface area (Å²) in [7, 11) is 1.50. The van der Waals surface area contributed by atoms with Crippen molar-refractivity contribution in [3.05, 3.63) is 53.3 Å². The van der Waals surface area contributed by atoms with Gasteiger partial charge in [-0.3, -0.25) is 14.6 Å². The highest BCUT2D eigenvalue weighted by Gasteiger charge is 2.51. The first-order valence-electron chi connectivity index (χ1n) is 14.2. The van der Waals surface area contributed by atoms with E-state index in [0.29, 0.717) is 50.1 Å². The average Bonchev–Trinajstić information content (AvgIpc) is 3.57. The average molecular weight is 593 g/mol. The minimum Gasteiger partial charge on any atom is -0.481 e. The molecular weight excluding hydrogens is 556 g/mol. The monoisotopic (exact) mass is 592 g/mol. The number of aliphatic carboxylic acids is 1. The molecule has 42 heavy (non-hydrogen) atoms. The van der Waals surface area contributed by atoms with Crippen LogP contribution in [0.5, 0.6) is 0 Å². The van der Waals surface area contributed by atoms with Gasteiger partial charge >= 0.3 is 12.1 Å². The minimum absolute atomic E-state index is 0.0259. The van der Waals surface area contributed by atoms with Crippen molar-refractivity contribution < 1.29 is 37.0 Å². The minimum atomic E-state index is -4.55. The maximum absolute atomic E-state index is 16.3. The topological polar surface area (TPSA) is 86.2 Å². The van der Waals surface area contributed by atoms with E-state index in [-0.39, 0.29) is 32.0 Å². The molecule has 1 N–H and O–H groups in total. The van der Waals surface area contributed by atoms with Gasteiger partial charge < -0.3 is 24.5 Å². The molecule has 3 aliphatic rings. The van der Waals surface area contributed by atoms with Crippen molar-refractivity contribution in [3.63, 3.8) is 0 Å². The molecular formula is C30H36F4N4O4. The van der Waals surface area contributed by atoms with Crippen LogP contribution in [0.4, 0.5) is 28.9 Å². The Kier molecular flexibility index (Phi) is 8.37. The van der Waals surface area contributed by atoms with Crippen LogP contribution in [0.15, 0.2) is 36.5 Å². The molecule has 12 heteroatoms. The van der Waals surface area contributed by atoms with Gasteiger partial charge in [0.1, 0.15) is 0 Å². The Bertz CT molecular complexity index is 1320. The molecule has 3 aliphatic heterocycles. The molecule has 0 spiro atoms. The molecule has 1 aromatic heterocycles. The van der Waals surface area contributed by atoms with E-state index in [1.807, 2.05) is 22.8 Å². The number of hydrogen-bond donors (Lipinski definition) is 1. The lowest BCUT2D eigenvalue weighted by atomic mass is 9.91. The second-order valence-electron chi connectivity index (χ2n) is 11.7. The number of amides is 1. The summed E-state index contributed by atoms with van der Waals surface area (Å²) in [6, 6.07) is 6.81. The van der Waals surface area contributed by atoms with Gasteiger partial charge in [0.05, 0.1) is 30.7 Å². The predicted octanol–water partition coefficient (Wildman–Crippen LogP) is 4.66. The number of carboxylic acids is 1. The van der Waals surface area contributed by atoms with E-state index in [1.165, 1.54) is 18.1 Å². The number of likely N-dealkylation sites (tertiary alicyclic amines) is 1. The highest BCUT2D eigenvalue weighted by Crippen LogP contribution is 2.43. The lowest BCUT2D eigenvalue weighted by Crippen LogP contribution is -2.50. The SMILES string of the molecule is COC[C@@H]1C[C@@H](c2ccc(C(F)(F)F)cc2N2CCC(C(=O)O)CC2)CN1C(=O)[C@@]1(F)CCN(c2ccnc(C)c2)C1. The van der Waals surface area contributed by atoms with Crippen molar-refractivity contribution in [2.75, 3.05) is 56.2 Å². The lowest BCUT2D eigenvalue weighted by molar-refractivity contribution is -0.144. The normalized spacial score (nSPS) is 25.3. The summed E-state index contributed by atoms with van der Waals surface area (Å²) in [5.41, 5.74) is -0.290. The number of pyridine rings is 1. The fourth-order valence-corrected chi connectivity index (χ4v) is 6.60. The summed E-state index contributed by atoms with van der Waals surface area (Å²) >= 11 is 0. The molecule has 1 amide bonds. The predicted molar refractivity (Wildman–Crippen MR) is 148 cm³/mol. The number of nitrogens with zero attached hydrogens (tertiary/aromatic N) is 4. The summed E-state index contributed by atoms with van der Waals surface area (Å²) in [5, 5.41) is 9.38. The van der Waals surface area contributed by atoms with Crippen molar-refractivity contribution >= 4 is 23.3 Å². The van der Waals surface area contributed by atoms with E-state index in [1.54, 1.807) is 12.3 Å². The number of alkyl halides is 4. The number of piperidine rings is 1. The van der Waals surface area contributed by atoms with Gasteiger partial charge in [0.2, 0.25) is 5.67 Å². The third-order valence-corrected chi connectivity index (χ3v) is 8.86. The Hall–Kier alpha value is -3.41. The molecule has 0 unspecified atom stereocenters. The third kappa shape index (κ3) is 6.04. The number of ether oxygens (including phenoxy) is 1. The second-order valence-corrected chi connectivity index (χ2v) is 11.7. The molecule has 2 aromatic rings. The molecule has 0 aliphatic carbocycles. The molecule has 5 rings (SSSR count). The van der Waals surface area contributed by atoms with E-state index in [2.05, 4.69) is 4.98 Å². The number of anilines is 2. The Labute approximate surface area is 242 Å². The van der Waals surface area contributed by atoms with Crippen LogP contribution in [0.3, 0.4) is 0 Å². The molecule has 0 radical (unpaired) electrons. The standard InChI is InChI=1S/C30H36F4N4O4/c1-19-13-23(5-9-35-19)37-12-8-29(31,18-37)28(41)38-16-21(14-24(38)17-42-2)25-4-3-22(30(32,33)34)15-26(25)36-10-6-20(7-11-36)27(39)40/h3-5,9,13,15,20-21,24H,6-8,10-12,14,16-18H2,1-2H3,(H,39,40)/t21-,24+,29-/m1/s1. The molecule has 3 fully saturated rings. The zero-order chi connectivity index (χ0) is 30.2. The van der Waals surface area contributed by atoms with Crippen LogP contribution in [-0.4, -0.2) is 85.0 Å². The molecule has 228 valence electrons. The van der Waals surface area contributed by atoms with E-state index in [9.17, 15) is 27.9 Å². The number of methoxy groups -OCH3 is 1. The summed E-state index contributed by atoms with van der Waals surface area (Å²) < 4.78 is 62.9. The number of aromatic nitrogens is 1. The van der Waals surface area contributed by atoms with Gasteiger partial charge in [-0.25, -0.2) is 4.39 Å². The maximum Gasteiger partial charge on any atom is 0.416 e. The number of carbonyl (C=O) groups is 2. The third-order valence-electron chi connectivity index (χ3n) is 8.86. The van der Waals surface area contributed by atoms with Gasteiger partial charge in [-0.05, 0) is 56.0 Å². The Morgan fingerprint density at radius 3 is 2.50 bits per heavy atom. The zero-order valence-corrected chi connectivity index (χ0v) is 23.7. The first kappa shape index (κ1) is 30.1. The molecule has 1 aromatic carbocycles. The quantitative estimate of drug-likeness (QED) is 0.468. The van der Waals surface area contributed by atoms with Crippen LogP contribution in [0.25, 0.3) is 0 Å². The highest BCUT2D eigenvalue weighted by atomic mass is 19.4. The first-order chi connectivity index (χ1) is 19.9. The molecule has 0 saturated carbocycles. The highest BCUT2D eigenvalue weighted by molar-refractivity contribution is 5.87. The summed E-state index contributed by atoms with van der Waals surface area (Å²) in [4.78, 5) is 34.6. The van der Waals surface area contributed by atoms with Crippen molar-refractivity contribution in [2.45, 2.75) is 56.4 Å². The summed E-state index contributed by atoms with van der Waals surface area (Å²) in [6.07, 6.45) is -1.82. The van der Waals surface area contributed by atoms with E-state index in [0.717, 1.165) is 23.5 Å². The summed E-state index contributed by atoms with van der Waals surface area (Å²) in [5.74, 6) is -2.41. The second kappa shape index (κ2) is 11.7. The number of halogens is 4. The van der Waals surface area contributed by atoms with Gasteiger partial charge in [0.15, 0.2) is 0 Å². The number of rotatable bonds is 7. The summed E-state index contributed by atoms with van der Waals surface area (Å²) in [6.45, 7) is 3.05. The Balaban J connectivity index is 1.40. The number of aryl methyl sites for hydroxylation is 1. The molecule has 8 nitrogen and oxygen atoms in total. The molecule has 3 saturated heterocycles. The van der Waals surface area contributed by atoms with Gasteiger partial charge in [-0.2, -0.15) is 13.2 Å². The first-order valence-corrected chi connectivity index (χ1v) is 14.2. The maximum atomic E-state index is 16.3. The van der Waals surface area contributed by atoms with Crippen LogP contribution in [-0.2, 0) is 20.5 Å². The van der Waals surface area contributed by atoms with E-state index < -0.39 is 41.2 Å². The Morgan fingerprint density at radius 1 is 1.12 bits per heavy atom. The Morgan fingerprint density at radius 2 is 1.86 bits per heavy atom. The zero-order valence-electron chi connectivity index (χ0n) is 23.7. The van der Waals surface area contributed by atoms with Gasteiger partial charge in [0.25, 0.3) is 5.91 Å². The van der Waals surface area contributed by atoms with Crippen LogP contribution in [0.2, 0.25) is 0 Å². The van der Waals surface area contributed by atoms with Gasteiger partial charge in [0, 0.05) is 68.9 Å². The largest absolute Gasteiger partial charge is 0.481 e. The number of carbonyl (C=O) groups excluding carboxylic acids is 1. The molecule has 3 atom stereocenters. The smallest absolute Gasteiger partial charge is 0.416 e.